The second-order valence-electron chi connectivity index (χ2n) is 5.79. The minimum Gasteiger partial charge on any atom is -0.393 e. The number of carbonyl (C=O) groups excluding carboxylic acids is 1. The van der Waals surface area contributed by atoms with Crippen molar-refractivity contribution < 1.29 is 9.90 Å². The molecule has 2 heteroatoms. The van der Waals surface area contributed by atoms with Gasteiger partial charge in [0.15, 0.2) is 5.78 Å². The van der Waals surface area contributed by atoms with Crippen LogP contribution < -0.4 is 0 Å². The molecular weight excluding hydrogens is 236 g/mol. The molecule has 2 aliphatic carbocycles. The van der Waals surface area contributed by atoms with E-state index < -0.39 is 0 Å². The number of aliphatic hydroxyl groups excluding tert-OH is 1. The van der Waals surface area contributed by atoms with Gasteiger partial charge in [0.05, 0.1) is 6.10 Å². The summed E-state index contributed by atoms with van der Waals surface area (Å²) < 4.78 is 0. The van der Waals surface area contributed by atoms with E-state index in [1.807, 2.05) is 18.2 Å². The predicted molar refractivity (Wildman–Crippen MR) is 74.4 cm³/mol. The maximum absolute atomic E-state index is 12.5. The first-order chi connectivity index (χ1) is 9.25. The Hall–Kier alpha value is -1.67. The van der Waals surface area contributed by atoms with Gasteiger partial charge in [-0.1, -0.05) is 36.4 Å². The highest BCUT2D eigenvalue weighted by Crippen LogP contribution is 2.48. The smallest absolute Gasteiger partial charge is 0.164 e. The van der Waals surface area contributed by atoms with Crippen molar-refractivity contribution in [1.82, 2.24) is 0 Å². The number of Topliss-reactive ketones (excluding diaryl/α,β-unsaturated/α-hetero) is 1. The Bertz CT molecular complexity index is 674. The number of aliphatic hydroxyl groups is 1. The summed E-state index contributed by atoms with van der Waals surface area (Å²) in [6, 6.07) is 12.3. The molecule has 0 bridgehead atoms. The highest BCUT2D eigenvalue weighted by Gasteiger charge is 2.42. The topological polar surface area (TPSA) is 37.3 Å². The molecule has 96 valence electrons. The molecule has 0 radical (unpaired) electrons. The molecule has 2 aromatic carbocycles. The monoisotopic (exact) mass is 252 g/mol. The van der Waals surface area contributed by atoms with Crippen molar-refractivity contribution in [2.45, 2.75) is 31.3 Å². The zero-order chi connectivity index (χ0) is 13.0. The van der Waals surface area contributed by atoms with Gasteiger partial charge in [-0.05, 0) is 41.0 Å². The third-order valence-electron chi connectivity index (χ3n) is 4.85. The Balaban J connectivity index is 1.99. The first kappa shape index (κ1) is 11.2. The molecule has 1 N–H and O–H groups in total. The van der Waals surface area contributed by atoms with Crippen molar-refractivity contribution in [2.24, 2.45) is 5.92 Å². The zero-order valence-electron chi connectivity index (χ0n) is 10.7. The summed E-state index contributed by atoms with van der Waals surface area (Å²) in [6.45, 7) is 0. The lowest BCUT2D eigenvalue weighted by atomic mass is 9.74. The van der Waals surface area contributed by atoms with Gasteiger partial charge in [0.1, 0.15) is 0 Å². The van der Waals surface area contributed by atoms with Gasteiger partial charge >= 0.3 is 0 Å². The Labute approximate surface area is 112 Å². The van der Waals surface area contributed by atoms with E-state index in [1.165, 1.54) is 0 Å². The predicted octanol–water partition coefficient (Wildman–Crippen LogP) is 3.28. The average molecular weight is 252 g/mol. The van der Waals surface area contributed by atoms with E-state index in [-0.39, 0.29) is 17.8 Å². The van der Waals surface area contributed by atoms with Gasteiger partial charge in [0, 0.05) is 12.0 Å². The molecule has 0 heterocycles. The number of hydrogen-bond acceptors (Lipinski definition) is 2. The second kappa shape index (κ2) is 3.91. The average Bonchev–Trinajstić information content (AvgIpc) is 2.80. The van der Waals surface area contributed by atoms with Gasteiger partial charge in [0.25, 0.3) is 0 Å². The SMILES string of the molecule is O=C1C[C@@H]2[C@H](O)CC[C@@H]2c2ccc3ccccc3c21. The normalized spacial score (nSPS) is 29.3. The molecule has 4 rings (SSSR count). The molecule has 19 heavy (non-hydrogen) atoms. The van der Waals surface area contributed by atoms with Crippen LogP contribution in [0, 0.1) is 5.92 Å². The van der Waals surface area contributed by atoms with E-state index in [0.717, 1.165) is 34.7 Å². The van der Waals surface area contributed by atoms with Crippen LogP contribution in [0.15, 0.2) is 36.4 Å². The van der Waals surface area contributed by atoms with Crippen molar-refractivity contribution in [3.8, 4) is 0 Å². The lowest BCUT2D eigenvalue weighted by Crippen LogP contribution is -2.27. The Morgan fingerprint density at radius 3 is 2.79 bits per heavy atom. The minimum atomic E-state index is -0.298. The number of hydrogen-bond donors (Lipinski definition) is 1. The molecule has 0 unspecified atom stereocenters. The summed E-state index contributed by atoms with van der Waals surface area (Å²) in [5.41, 5.74) is 2.07. The summed E-state index contributed by atoms with van der Waals surface area (Å²) in [5, 5.41) is 12.2. The Morgan fingerprint density at radius 2 is 1.89 bits per heavy atom. The van der Waals surface area contributed by atoms with Crippen molar-refractivity contribution in [3.63, 3.8) is 0 Å². The van der Waals surface area contributed by atoms with Gasteiger partial charge in [0.2, 0.25) is 0 Å². The molecular formula is C17H16O2. The first-order valence-corrected chi connectivity index (χ1v) is 6.98. The van der Waals surface area contributed by atoms with E-state index >= 15 is 0 Å². The Kier molecular flexibility index (Phi) is 2.30. The van der Waals surface area contributed by atoms with Crippen LogP contribution in [0.4, 0.5) is 0 Å². The molecule has 2 aliphatic rings. The van der Waals surface area contributed by atoms with Crippen molar-refractivity contribution in [3.05, 3.63) is 47.5 Å². The fraction of sp³-hybridized carbons (Fsp3) is 0.353. The van der Waals surface area contributed by atoms with Crippen molar-refractivity contribution in [1.29, 1.82) is 0 Å². The van der Waals surface area contributed by atoms with Crippen LogP contribution in [0.1, 0.15) is 41.1 Å². The van der Waals surface area contributed by atoms with Crippen LogP contribution in [0.2, 0.25) is 0 Å². The third kappa shape index (κ3) is 1.50. The number of rotatable bonds is 0. The maximum atomic E-state index is 12.5. The zero-order valence-corrected chi connectivity index (χ0v) is 10.7. The number of benzene rings is 2. The minimum absolute atomic E-state index is 0.140. The second-order valence-corrected chi connectivity index (χ2v) is 5.79. The van der Waals surface area contributed by atoms with Crippen LogP contribution in [0.3, 0.4) is 0 Å². The first-order valence-electron chi connectivity index (χ1n) is 6.98. The standard InChI is InChI=1S/C17H16O2/c18-15-8-7-12-13-6-5-10-3-1-2-4-11(10)17(13)16(19)9-14(12)15/h1-6,12,14-15,18H,7-9H2/t12-,14+,15-/m1/s1. The van der Waals surface area contributed by atoms with E-state index in [9.17, 15) is 9.90 Å². The molecule has 2 aromatic rings. The molecule has 1 fully saturated rings. The van der Waals surface area contributed by atoms with Crippen LogP contribution in [-0.4, -0.2) is 17.0 Å². The molecule has 3 atom stereocenters. The number of fused-ring (bicyclic) bond motifs is 5. The summed E-state index contributed by atoms with van der Waals surface area (Å²) in [6.07, 6.45) is 2.04. The molecule has 2 nitrogen and oxygen atoms in total. The van der Waals surface area contributed by atoms with E-state index in [2.05, 4.69) is 18.2 Å². The van der Waals surface area contributed by atoms with Crippen LogP contribution in [0.5, 0.6) is 0 Å². The van der Waals surface area contributed by atoms with Gasteiger partial charge in [-0.3, -0.25) is 4.79 Å². The lowest BCUT2D eigenvalue weighted by Gasteiger charge is -2.29. The summed E-state index contributed by atoms with van der Waals surface area (Å²) >= 11 is 0. The summed E-state index contributed by atoms with van der Waals surface area (Å²) in [5.74, 6) is 0.711. The third-order valence-corrected chi connectivity index (χ3v) is 4.85. The van der Waals surface area contributed by atoms with E-state index in [0.29, 0.717) is 12.3 Å². The largest absolute Gasteiger partial charge is 0.393 e. The summed E-state index contributed by atoms with van der Waals surface area (Å²) in [4.78, 5) is 12.5. The summed E-state index contributed by atoms with van der Waals surface area (Å²) in [7, 11) is 0. The highest BCUT2D eigenvalue weighted by molar-refractivity contribution is 6.10. The van der Waals surface area contributed by atoms with Crippen molar-refractivity contribution in [2.75, 3.05) is 0 Å². The molecule has 0 saturated heterocycles. The van der Waals surface area contributed by atoms with Gasteiger partial charge in [-0.15, -0.1) is 0 Å². The quantitative estimate of drug-likeness (QED) is 0.781. The van der Waals surface area contributed by atoms with Crippen LogP contribution in [0.25, 0.3) is 10.8 Å². The molecule has 0 aromatic heterocycles. The van der Waals surface area contributed by atoms with Crippen LogP contribution in [-0.2, 0) is 0 Å². The molecule has 0 aliphatic heterocycles. The number of carbonyl (C=O) groups is 1. The van der Waals surface area contributed by atoms with Gasteiger partial charge < -0.3 is 5.11 Å². The van der Waals surface area contributed by atoms with E-state index in [1.54, 1.807) is 0 Å². The fourth-order valence-electron chi connectivity index (χ4n) is 3.94. The van der Waals surface area contributed by atoms with Crippen molar-refractivity contribution >= 4 is 16.6 Å². The molecule has 1 saturated carbocycles. The fourth-order valence-corrected chi connectivity index (χ4v) is 3.94. The van der Waals surface area contributed by atoms with Gasteiger partial charge in [-0.2, -0.15) is 0 Å². The highest BCUT2D eigenvalue weighted by atomic mass is 16.3. The maximum Gasteiger partial charge on any atom is 0.164 e. The molecule has 0 spiro atoms. The van der Waals surface area contributed by atoms with Gasteiger partial charge in [-0.25, -0.2) is 0 Å². The number of ketones is 1. The van der Waals surface area contributed by atoms with E-state index in [4.69, 9.17) is 0 Å². The lowest BCUT2D eigenvalue weighted by molar-refractivity contribution is 0.0824. The Morgan fingerprint density at radius 1 is 1.05 bits per heavy atom. The molecule has 0 amide bonds. The van der Waals surface area contributed by atoms with Crippen LogP contribution >= 0.6 is 0 Å².